The molecule has 0 bridgehead atoms. The van der Waals surface area contributed by atoms with Gasteiger partial charge in [0.25, 0.3) is 0 Å². The second kappa shape index (κ2) is 60.4. The van der Waals surface area contributed by atoms with Crippen LogP contribution in [-0.2, 0) is 28.6 Å². The van der Waals surface area contributed by atoms with Crippen molar-refractivity contribution in [2.75, 3.05) is 13.2 Å². The van der Waals surface area contributed by atoms with Crippen LogP contribution >= 0.6 is 0 Å². The van der Waals surface area contributed by atoms with E-state index in [4.69, 9.17) is 14.2 Å². The van der Waals surface area contributed by atoms with E-state index in [1.807, 2.05) is 6.08 Å². The van der Waals surface area contributed by atoms with Crippen molar-refractivity contribution in [1.82, 2.24) is 0 Å². The van der Waals surface area contributed by atoms with Crippen LogP contribution in [0.15, 0.2) is 72.9 Å². The normalized spacial score (nSPS) is 12.5. The molecule has 6 nitrogen and oxygen atoms in total. The van der Waals surface area contributed by atoms with Crippen LogP contribution in [0.4, 0.5) is 0 Å². The van der Waals surface area contributed by atoms with Crippen molar-refractivity contribution in [1.29, 1.82) is 0 Å². The van der Waals surface area contributed by atoms with Gasteiger partial charge < -0.3 is 14.2 Å². The highest BCUT2D eigenvalue weighted by Gasteiger charge is 2.19. The van der Waals surface area contributed by atoms with E-state index >= 15 is 0 Å². The summed E-state index contributed by atoms with van der Waals surface area (Å²) in [5.74, 6) is -0.969. The van der Waals surface area contributed by atoms with E-state index in [1.54, 1.807) is 0 Å². The molecule has 0 saturated carbocycles. The van der Waals surface area contributed by atoms with Gasteiger partial charge in [0.05, 0.1) is 0 Å². The van der Waals surface area contributed by atoms with Crippen LogP contribution in [0.1, 0.15) is 310 Å². The summed E-state index contributed by atoms with van der Waals surface area (Å²) < 4.78 is 16.8. The molecular formula is C66H116O6. The maximum Gasteiger partial charge on any atom is 0.306 e. The maximum atomic E-state index is 12.9. The Hall–Kier alpha value is -3.15. The first-order chi connectivity index (χ1) is 35.5. The second-order valence-electron chi connectivity index (χ2n) is 20.6. The standard InChI is InChI=1S/C66H116O6/c1-4-7-10-13-16-19-22-25-28-30-32-34-35-38-41-44-47-50-53-56-59-65(68)71-62-63(61-70-64(67)58-55-52-49-46-43-40-37-27-24-21-18-15-12-9-6-3)72-66(69)60-57-54-51-48-45-42-39-36-33-31-29-26-23-20-17-14-11-8-5-2/h8,11,17,20,26,29,33,36,42,45,51,54,63H,4-7,9-10,12-16,18-19,21-25,27-28,30-32,34-35,37-41,43-44,46-50,52-53,55-62H2,1-3H3/b11-8-,20-17-,29-26-,36-33-,45-42-,54-51-. The Labute approximate surface area is 446 Å². The van der Waals surface area contributed by atoms with Crippen molar-refractivity contribution >= 4 is 17.9 Å². The molecule has 0 heterocycles. The van der Waals surface area contributed by atoms with Crippen molar-refractivity contribution in [2.24, 2.45) is 0 Å². The van der Waals surface area contributed by atoms with Crippen LogP contribution in [0, 0.1) is 0 Å². The second-order valence-corrected chi connectivity index (χ2v) is 20.6. The molecule has 0 aliphatic carbocycles. The van der Waals surface area contributed by atoms with Crippen molar-refractivity contribution < 1.29 is 28.6 Å². The van der Waals surface area contributed by atoms with Gasteiger partial charge in [-0.15, -0.1) is 0 Å². The van der Waals surface area contributed by atoms with Crippen LogP contribution in [0.5, 0.6) is 0 Å². The van der Waals surface area contributed by atoms with Crippen molar-refractivity contribution in [3.05, 3.63) is 72.9 Å². The van der Waals surface area contributed by atoms with Gasteiger partial charge in [0.15, 0.2) is 6.10 Å². The van der Waals surface area contributed by atoms with Gasteiger partial charge in [-0.3, -0.25) is 14.4 Å². The minimum absolute atomic E-state index is 0.101. The number of unbranched alkanes of at least 4 members (excludes halogenated alkanes) is 33. The zero-order chi connectivity index (χ0) is 52.2. The number of carbonyl (C=O) groups excluding carboxylic acids is 3. The average molecular weight is 1010 g/mol. The molecule has 0 fully saturated rings. The SMILES string of the molecule is CC/C=C\C/C=C\C/C=C\C/C=C\C/C=C\C/C=C\CCC(=O)OC(COC(=O)CCCCCCCCCCCCCCCCC)COC(=O)CCCCCCCCCCCCCCCCCCCCCC. The van der Waals surface area contributed by atoms with Crippen LogP contribution in [-0.4, -0.2) is 37.2 Å². The summed E-state index contributed by atoms with van der Waals surface area (Å²) in [7, 11) is 0. The molecule has 0 rings (SSSR count). The Bertz CT molecular complexity index is 1340. The number of allylic oxidation sites excluding steroid dienone is 12. The lowest BCUT2D eigenvalue weighted by molar-refractivity contribution is -0.166. The maximum absolute atomic E-state index is 12.9. The van der Waals surface area contributed by atoms with Gasteiger partial charge in [-0.2, -0.15) is 0 Å². The Morgan fingerprint density at radius 3 is 0.819 bits per heavy atom. The molecule has 6 heteroatoms. The van der Waals surface area contributed by atoms with Gasteiger partial charge in [0, 0.05) is 19.3 Å². The summed E-state index contributed by atoms with van der Waals surface area (Å²) in [6.45, 7) is 6.51. The van der Waals surface area contributed by atoms with Crippen molar-refractivity contribution in [3.63, 3.8) is 0 Å². The van der Waals surface area contributed by atoms with Crippen LogP contribution in [0.2, 0.25) is 0 Å². The van der Waals surface area contributed by atoms with E-state index < -0.39 is 6.10 Å². The smallest absolute Gasteiger partial charge is 0.306 e. The third kappa shape index (κ3) is 57.7. The fraction of sp³-hybridized carbons (Fsp3) is 0.773. The molecule has 0 aromatic rings. The third-order valence-corrected chi connectivity index (χ3v) is 13.5. The summed E-state index contributed by atoms with van der Waals surface area (Å²) in [4.78, 5) is 38.2. The first-order valence-electron chi connectivity index (χ1n) is 30.9. The molecule has 1 unspecified atom stereocenters. The highest BCUT2D eigenvalue weighted by molar-refractivity contribution is 5.71. The molecule has 0 saturated heterocycles. The number of hydrogen-bond donors (Lipinski definition) is 0. The Kier molecular flexibility index (Phi) is 57.8. The molecule has 416 valence electrons. The Balaban J connectivity index is 4.43. The fourth-order valence-electron chi connectivity index (χ4n) is 8.88. The minimum atomic E-state index is -0.813. The summed E-state index contributed by atoms with van der Waals surface area (Å²) in [6, 6.07) is 0. The lowest BCUT2D eigenvalue weighted by atomic mass is 10.0. The first-order valence-corrected chi connectivity index (χ1v) is 30.9. The molecule has 1 atom stereocenters. The number of esters is 3. The summed E-state index contributed by atoms with van der Waals surface area (Å²) in [6.07, 6.45) is 77.7. The molecule has 0 N–H and O–H groups in total. The zero-order valence-electron chi connectivity index (χ0n) is 47.7. The van der Waals surface area contributed by atoms with Gasteiger partial charge in [-0.25, -0.2) is 0 Å². The molecule has 0 spiro atoms. The molecule has 0 radical (unpaired) electrons. The van der Waals surface area contributed by atoms with Gasteiger partial charge in [0.2, 0.25) is 0 Å². The lowest BCUT2D eigenvalue weighted by Crippen LogP contribution is -2.30. The van der Waals surface area contributed by atoms with E-state index in [0.717, 1.165) is 77.0 Å². The molecule has 0 aliphatic heterocycles. The number of rotatable bonds is 56. The Morgan fingerprint density at radius 1 is 0.292 bits per heavy atom. The largest absolute Gasteiger partial charge is 0.462 e. The highest BCUT2D eigenvalue weighted by atomic mass is 16.6. The van der Waals surface area contributed by atoms with Crippen LogP contribution < -0.4 is 0 Å². The summed E-state index contributed by atoms with van der Waals surface area (Å²) >= 11 is 0. The van der Waals surface area contributed by atoms with Crippen LogP contribution in [0.3, 0.4) is 0 Å². The van der Waals surface area contributed by atoms with E-state index in [1.165, 1.54) is 186 Å². The summed E-state index contributed by atoms with van der Waals surface area (Å²) in [5.41, 5.74) is 0. The highest BCUT2D eigenvalue weighted by Crippen LogP contribution is 2.17. The number of hydrogen-bond acceptors (Lipinski definition) is 6. The predicted molar refractivity (Wildman–Crippen MR) is 311 cm³/mol. The third-order valence-electron chi connectivity index (χ3n) is 13.5. The summed E-state index contributed by atoms with van der Waals surface area (Å²) in [5, 5.41) is 0. The first kappa shape index (κ1) is 68.8. The van der Waals surface area contributed by atoms with Gasteiger partial charge in [-0.1, -0.05) is 306 Å². The molecular weight excluding hydrogens is 889 g/mol. The van der Waals surface area contributed by atoms with Crippen molar-refractivity contribution in [2.45, 2.75) is 316 Å². The molecule has 72 heavy (non-hydrogen) atoms. The van der Waals surface area contributed by atoms with Gasteiger partial charge in [0.1, 0.15) is 13.2 Å². The number of ether oxygens (including phenoxy) is 3. The predicted octanol–water partition coefficient (Wildman–Crippen LogP) is 20.9. The zero-order valence-corrected chi connectivity index (χ0v) is 47.7. The monoisotopic (exact) mass is 1000 g/mol. The minimum Gasteiger partial charge on any atom is -0.462 e. The van der Waals surface area contributed by atoms with E-state index in [-0.39, 0.29) is 37.5 Å². The van der Waals surface area contributed by atoms with E-state index in [0.29, 0.717) is 19.3 Å². The average Bonchev–Trinajstić information content (AvgIpc) is 3.38. The van der Waals surface area contributed by atoms with Crippen LogP contribution in [0.25, 0.3) is 0 Å². The quantitative estimate of drug-likeness (QED) is 0.0261. The van der Waals surface area contributed by atoms with Gasteiger partial charge >= 0.3 is 17.9 Å². The topological polar surface area (TPSA) is 78.9 Å². The van der Waals surface area contributed by atoms with E-state index in [2.05, 4.69) is 87.6 Å². The molecule has 0 aromatic carbocycles. The fourth-order valence-corrected chi connectivity index (χ4v) is 8.88. The van der Waals surface area contributed by atoms with Crippen molar-refractivity contribution in [3.8, 4) is 0 Å². The number of carbonyl (C=O) groups is 3. The van der Waals surface area contributed by atoms with Gasteiger partial charge in [-0.05, 0) is 57.8 Å². The molecule has 0 aliphatic rings. The molecule has 0 amide bonds. The lowest BCUT2D eigenvalue weighted by Gasteiger charge is -2.18. The Morgan fingerprint density at radius 2 is 0.542 bits per heavy atom. The van der Waals surface area contributed by atoms with E-state index in [9.17, 15) is 14.4 Å². The molecule has 0 aromatic heterocycles.